The molecule has 5 nitrogen and oxygen atoms in total. The van der Waals surface area contributed by atoms with Crippen LogP contribution in [0.5, 0.6) is 0 Å². The molecule has 3 N–H and O–H groups in total. The van der Waals surface area contributed by atoms with Crippen LogP contribution in [0.2, 0.25) is 0 Å². The van der Waals surface area contributed by atoms with E-state index in [0.29, 0.717) is 30.1 Å². The number of aryl methyl sites for hydroxylation is 2. The number of anilines is 1. The zero-order valence-electron chi connectivity index (χ0n) is 11.5. The predicted octanol–water partition coefficient (Wildman–Crippen LogP) is 1.70. The Labute approximate surface area is 121 Å². The van der Waals surface area contributed by atoms with E-state index in [1.54, 1.807) is 4.90 Å². The van der Waals surface area contributed by atoms with Gasteiger partial charge in [0.05, 0.1) is 11.8 Å². The summed E-state index contributed by atoms with van der Waals surface area (Å²) in [6, 6.07) is 1.97. The molecule has 0 aromatic carbocycles. The number of hydrogen-bond acceptors (Lipinski definition) is 5. The molecular formula is C14H17N3O2S. The summed E-state index contributed by atoms with van der Waals surface area (Å²) in [4.78, 5) is 20.0. The molecule has 1 atom stereocenters. The number of aromatic nitrogens is 1. The fourth-order valence-corrected chi connectivity index (χ4v) is 3.88. The summed E-state index contributed by atoms with van der Waals surface area (Å²) in [6.45, 7) is 4.88. The molecule has 3 rings (SSSR count). The van der Waals surface area contributed by atoms with Crippen LogP contribution < -0.4 is 5.73 Å². The Kier molecular flexibility index (Phi) is 3.14. The van der Waals surface area contributed by atoms with Crippen LogP contribution in [0.4, 0.5) is 5.69 Å². The van der Waals surface area contributed by atoms with E-state index >= 15 is 0 Å². The number of carbonyl (C=O) groups excluding carboxylic acids is 1. The lowest BCUT2D eigenvalue weighted by molar-refractivity contribution is 0.0770. The number of likely N-dealkylation sites (tertiary alicyclic amines) is 1. The highest BCUT2D eigenvalue weighted by molar-refractivity contribution is 7.21. The molecule has 2 aromatic heterocycles. The summed E-state index contributed by atoms with van der Waals surface area (Å²) in [7, 11) is 0. The molecule has 1 fully saturated rings. The number of hydrogen-bond donors (Lipinski definition) is 2. The van der Waals surface area contributed by atoms with Crippen molar-refractivity contribution in [1.82, 2.24) is 9.88 Å². The Morgan fingerprint density at radius 1 is 1.55 bits per heavy atom. The highest BCUT2D eigenvalue weighted by Gasteiger charge is 2.28. The van der Waals surface area contributed by atoms with Gasteiger partial charge in [-0.25, -0.2) is 4.98 Å². The fraction of sp³-hybridized carbons (Fsp3) is 0.429. The van der Waals surface area contributed by atoms with Gasteiger partial charge in [0.1, 0.15) is 9.71 Å². The third-order valence-electron chi connectivity index (χ3n) is 3.67. The summed E-state index contributed by atoms with van der Waals surface area (Å²) in [5, 5.41) is 10.4. The molecule has 1 saturated heterocycles. The lowest BCUT2D eigenvalue weighted by atomic mass is 10.1. The van der Waals surface area contributed by atoms with E-state index < -0.39 is 6.10 Å². The molecule has 1 amide bonds. The molecule has 0 spiro atoms. The lowest BCUT2D eigenvalue weighted by Gasteiger charge is -2.14. The Morgan fingerprint density at radius 2 is 2.30 bits per heavy atom. The molecule has 106 valence electrons. The van der Waals surface area contributed by atoms with Crippen LogP contribution in [0, 0.1) is 13.8 Å². The van der Waals surface area contributed by atoms with Crippen molar-refractivity contribution >= 4 is 33.1 Å². The van der Waals surface area contributed by atoms with Crippen molar-refractivity contribution < 1.29 is 9.90 Å². The molecule has 20 heavy (non-hydrogen) atoms. The summed E-state index contributed by atoms with van der Waals surface area (Å²) in [5.74, 6) is -0.0981. The quantitative estimate of drug-likeness (QED) is 0.838. The first-order valence-electron chi connectivity index (χ1n) is 6.61. The number of amides is 1. The first-order chi connectivity index (χ1) is 9.47. The maximum atomic E-state index is 12.5. The Morgan fingerprint density at radius 3 is 2.95 bits per heavy atom. The second-order valence-corrected chi connectivity index (χ2v) is 6.30. The number of fused-ring (bicyclic) bond motifs is 1. The second kappa shape index (κ2) is 4.71. The van der Waals surface area contributed by atoms with Gasteiger partial charge in [0, 0.05) is 24.2 Å². The fourth-order valence-electron chi connectivity index (χ4n) is 2.70. The number of β-amino-alcohol motifs (C(OH)–C–C–N with tert-alkyl or cyclic N) is 1. The van der Waals surface area contributed by atoms with E-state index in [9.17, 15) is 9.90 Å². The van der Waals surface area contributed by atoms with Crippen LogP contribution in [0.1, 0.15) is 27.3 Å². The van der Waals surface area contributed by atoms with Crippen LogP contribution in [0.25, 0.3) is 10.2 Å². The van der Waals surface area contributed by atoms with Crippen LogP contribution in [0.3, 0.4) is 0 Å². The molecule has 1 unspecified atom stereocenters. The van der Waals surface area contributed by atoms with Crippen LogP contribution in [-0.2, 0) is 0 Å². The lowest BCUT2D eigenvalue weighted by Crippen LogP contribution is -2.29. The van der Waals surface area contributed by atoms with Crippen LogP contribution in [-0.4, -0.2) is 40.1 Å². The van der Waals surface area contributed by atoms with Crippen molar-refractivity contribution in [3.8, 4) is 0 Å². The van der Waals surface area contributed by atoms with Crippen molar-refractivity contribution in [3.63, 3.8) is 0 Å². The van der Waals surface area contributed by atoms with Crippen LogP contribution >= 0.6 is 11.3 Å². The summed E-state index contributed by atoms with van der Waals surface area (Å²) >= 11 is 1.34. The molecule has 1 aliphatic heterocycles. The number of nitrogens with zero attached hydrogens (tertiary/aromatic N) is 2. The van der Waals surface area contributed by atoms with Crippen molar-refractivity contribution in [2.45, 2.75) is 26.4 Å². The minimum Gasteiger partial charge on any atom is -0.397 e. The molecule has 6 heteroatoms. The molecule has 3 heterocycles. The van der Waals surface area contributed by atoms with E-state index in [-0.39, 0.29) is 5.91 Å². The summed E-state index contributed by atoms with van der Waals surface area (Å²) in [6.07, 6.45) is 0.212. The van der Waals surface area contributed by atoms with E-state index in [2.05, 4.69) is 4.98 Å². The normalized spacial score (nSPS) is 18.9. The van der Waals surface area contributed by atoms with E-state index in [1.807, 2.05) is 19.9 Å². The van der Waals surface area contributed by atoms with Gasteiger partial charge in [-0.2, -0.15) is 0 Å². The smallest absolute Gasteiger partial charge is 0.266 e. The van der Waals surface area contributed by atoms with Gasteiger partial charge in [-0.3, -0.25) is 4.79 Å². The van der Waals surface area contributed by atoms with Crippen molar-refractivity contribution in [3.05, 3.63) is 22.2 Å². The number of pyridine rings is 1. The number of thiophene rings is 1. The SMILES string of the molecule is Cc1cc(C)c2c(N)c(C(=O)N3CCC(O)C3)sc2n1. The average molecular weight is 291 g/mol. The second-order valence-electron chi connectivity index (χ2n) is 5.30. The van der Waals surface area contributed by atoms with Gasteiger partial charge in [0.2, 0.25) is 0 Å². The Balaban J connectivity index is 2.06. The van der Waals surface area contributed by atoms with Gasteiger partial charge in [-0.05, 0) is 31.9 Å². The number of nitrogen functional groups attached to an aromatic ring is 1. The molecule has 0 saturated carbocycles. The summed E-state index contributed by atoms with van der Waals surface area (Å²) in [5.41, 5.74) is 8.63. The molecule has 0 aliphatic carbocycles. The number of nitrogens with two attached hydrogens (primary N) is 1. The number of aliphatic hydroxyl groups is 1. The molecule has 0 bridgehead atoms. The van der Waals surface area contributed by atoms with Gasteiger partial charge in [-0.1, -0.05) is 0 Å². The Bertz CT molecular complexity index is 695. The van der Waals surface area contributed by atoms with Crippen molar-refractivity contribution in [2.24, 2.45) is 0 Å². The third kappa shape index (κ3) is 2.05. The highest BCUT2D eigenvalue weighted by atomic mass is 32.1. The van der Waals surface area contributed by atoms with Gasteiger partial charge in [-0.15, -0.1) is 11.3 Å². The number of aliphatic hydroxyl groups excluding tert-OH is 1. The molecular weight excluding hydrogens is 274 g/mol. The van der Waals surface area contributed by atoms with E-state index in [1.165, 1.54) is 11.3 Å². The molecule has 1 aliphatic rings. The minimum atomic E-state index is -0.420. The van der Waals surface area contributed by atoms with Gasteiger partial charge >= 0.3 is 0 Å². The van der Waals surface area contributed by atoms with Crippen molar-refractivity contribution in [1.29, 1.82) is 0 Å². The monoisotopic (exact) mass is 291 g/mol. The Hall–Kier alpha value is -1.66. The maximum absolute atomic E-state index is 12.5. The predicted molar refractivity (Wildman–Crippen MR) is 80.0 cm³/mol. The van der Waals surface area contributed by atoms with E-state index in [4.69, 9.17) is 5.73 Å². The first-order valence-corrected chi connectivity index (χ1v) is 7.42. The van der Waals surface area contributed by atoms with Gasteiger partial charge < -0.3 is 15.7 Å². The standard InChI is InChI=1S/C14H17N3O2S/c1-7-5-8(2)16-13-10(7)11(15)12(20-13)14(19)17-4-3-9(18)6-17/h5,9,18H,3-4,6,15H2,1-2H3. The maximum Gasteiger partial charge on any atom is 0.266 e. The topological polar surface area (TPSA) is 79.5 Å². The largest absolute Gasteiger partial charge is 0.397 e. The third-order valence-corrected chi connectivity index (χ3v) is 4.76. The van der Waals surface area contributed by atoms with Gasteiger partial charge in [0.15, 0.2) is 0 Å². The van der Waals surface area contributed by atoms with Gasteiger partial charge in [0.25, 0.3) is 5.91 Å². The van der Waals surface area contributed by atoms with Crippen LogP contribution in [0.15, 0.2) is 6.07 Å². The number of rotatable bonds is 1. The molecule has 0 radical (unpaired) electrons. The minimum absolute atomic E-state index is 0.0981. The highest BCUT2D eigenvalue weighted by Crippen LogP contribution is 2.36. The first kappa shape index (κ1) is 13.3. The average Bonchev–Trinajstić information content (AvgIpc) is 2.93. The van der Waals surface area contributed by atoms with Crippen molar-refractivity contribution in [2.75, 3.05) is 18.8 Å². The van der Waals surface area contributed by atoms with E-state index in [0.717, 1.165) is 21.5 Å². The number of carbonyl (C=O) groups is 1. The zero-order valence-corrected chi connectivity index (χ0v) is 12.3. The molecule has 2 aromatic rings. The zero-order chi connectivity index (χ0) is 14.4. The summed E-state index contributed by atoms with van der Waals surface area (Å²) < 4.78 is 0.